The number of H-pyrrole nitrogens is 1. The molecule has 2 N–H and O–H groups in total. The fraction of sp³-hybridized carbons (Fsp3) is 0.367. The number of methoxy groups -OCH3 is 1. The van der Waals surface area contributed by atoms with Gasteiger partial charge in [-0.1, -0.05) is 12.1 Å². The van der Waals surface area contributed by atoms with Crippen molar-refractivity contribution in [3.8, 4) is 22.9 Å². The van der Waals surface area contributed by atoms with Crippen molar-refractivity contribution in [3.63, 3.8) is 0 Å². The van der Waals surface area contributed by atoms with Crippen LogP contribution in [0.15, 0.2) is 60.8 Å². The lowest BCUT2D eigenvalue weighted by atomic mass is 10.0. The fourth-order valence-electron chi connectivity index (χ4n) is 4.68. The molecule has 0 radical (unpaired) electrons. The molecule has 2 aromatic carbocycles. The standard InChI is InChI=1S/C30H35N5O4/c1-20(18-37-3)39-26-16-23(28-33-27-5-4-12-31-29(27)34-28)15-25(17-26)38-19-21-6-8-22(9-7-21)30(36)32-24-10-13-35(2)14-11-24/h4-9,12,15-17,20,24H,10-11,13-14,18-19H2,1-3H3,(H,32,36)(H,31,33,34)/t20-/m0/s1. The zero-order valence-corrected chi connectivity index (χ0v) is 22.6. The summed E-state index contributed by atoms with van der Waals surface area (Å²) in [5.41, 5.74) is 3.94. The summed E-state index contributed by atoms with van der Waals surface area (Å²) in [6.45, 7) is 4.77. The van der Waals surface area contributed by atoms with E-state index in [4.69, 9.17) is 14.2 Å². The number of carbonyl (C=O) groups is 1. The number of likely N-dealkylation sites (tertiary alicyclic amines) is 1. The largest absolute Gasteiger partial charge is 0.489 e. The first kappa shape index (κ1) is 26.6. The molecule has 5 rings (SSSR count). The molecule has 0 spiro atoms. The van der Waals surface area contributed by atoms with Gasteiger partial charge in [-0.2, -0.15) is 0 Å². The lowest BCUT2D eigenvalue weighted by Crippen LogP contribution is -2.43. The highest BCUT2D eigenvalue weighted by atomic mass is 16.5. The number of piperidine rings is 1. The number of carbonyl (C=O) groups excluding carboxylic acids is 1. The molecule has 0 saturated carbocycles. The van der Waals surface area contributed by atoms with E-state index in [1.807, 2.05) is 61.5 Å². The van der Waals surface area contributed by atoms with Crippen molar-refractivity contribution in [1.29, 1.82) is 0 Å². The van der Waals surface area contributed by atoms with Gasteiger partial charge in [0.25, 0.3) is 5.91 Å². The molecule has 204 valence electrons. The highest BCUT2D eigenvalue weighted by molar-refractivity contribution is 5.94. The topological polar surface area (TPSA) is 102 Å². The Labute approximate surface area is 228 Å². The minimum atomic E-state index is -0.136. The van der Waals surface area contributed by atoms with E-state index in [2.05, 4.69) is 32.2 Å². The van der Waals surface area contributed by atoms with Gasteiger partial charge in [0.2, 0.25) is 0 Å². The number of nitrogens with one attached hydrogen (secondary N) is 2. The molecule has 0 bridgehead atoms. The summed E-state index contributed by atoms with van der Waals surface area (Å²) in [6, 6.07) is 17.3. The van der Waals surface area contributed by atoms with Crippen LogP contribution in [-0.4, -0.2) is 71.8 Å². The van der Waals surface area contributed by atoms with Gasteiger partial charge in [-0.25, -0.2) is 9.97 Å². The predicted octanol–water partition coefficient (Wildman–Crippen LogP) is 4.44. The van der Waals surface area contributed by atoms with Gasteiger partial charge in [-0.05, 0) is 81.9 Å². The molecule has 0 aliphatic carbocycles. The van der Waals surface area contributed by atoms with E-state index in [-0.39, 0.29) is 18.1 Å². The third-order valence-corrected chi connectivity index (χ3v) is 6.82. The molecule has 1 atom stereocenters. The predicted molar refractivity (Wildman–Crippen MR) is 150 cm³/mol. The van der Waals surface area contributed by atoms with Crippen LogP contribution in [0.3, 0.4) is 0 Å². The minimum Gasteiger partial charge on any atom is -0.489 e. The smallest absolute Gasteiger partial charge is 0.251 e. The van der Waals surface area contributed by atoms with Crippen LogP contribution in [0.2, 0.25) is 0 Å². The van der Waals surface area contributed by atoms with Gasteiger partial charge in [-0.15, -0.1) is 0 Å². The Morgan fingerprint density at radius 1 is 1.13 bits per heavy atom. The van der Waals surface area contributed by atoms with E-state index in [1.54, 1.807) is 13.3 Å². The van der Waals surface area contributed by atoms with Crippen LogP contribution in [0.1, 0.15) is 35.7 Å². The van der Waals surface area contributed by atoms with E-state index < -0.39 is 0 Å². The van der Waals surface area contributed by atoms with Crippen molar-refractivity contribution >= 4 is 17.1 Å². The van der Waals surface area contributed by atoms with Crippen molar-refractivity contribution in [2.24, 2.45) is 0 Å². The van der Waals surface area contributed by atoms with Crippen molar-refractivity contribution in [2.75, 3.05) is 33.9 Å². The molecule has 1 saturated heterocycles. The third-order valence-electron chi connectivity index (χ3n) is 6.82. The van der Waals surface area contributed by atoms with Gasteiger partial charge in [0.05, 0.1) is 12.1 Å². The summed E-state index contributed by atoms with van der Waals surface area (Å²) in [5.74, 6) is 1.95. The summed E-state index contributed by atoms with van der Waals surface area (Å²) in [6.07, 6.45) is 3.54. The zero-order valence-electron chi connectivity index (χ0n) is 22.6. The SMILES string of the molecule is COC[C@H](C)Oc1cc(OCc2ccc(C(=O)NC3CCN(C)CC3)cc2)cc(-c2nc3ncccc3[nH]2)c1. The molecule has 1 fully saturated rings. The van der Waals surface area contributed by atoms with Gasteiger partial charge in [0.1, 0.15) is 30.0 Å². The molecular weight excluding hydrogens is 494 g/mol. The van der Waals surface area contributed by atoms with Gasteiger partial charge < -0.3 is 29.4 Å². The van der Waals surface area contributed by atoms with Crippen LogP contribution < -0.4 is 14.8 Å². The molecule has 2 aromatic heterocycles. The van der Waals surface area contributed by atoms with E-state index in [9.17, 15) is 4.79 Å². The number of aromatic nitrogens is 3. The third kappa shape index (κ3) is 6.93. The number of aromatic amines is 1. The Morgan fingerprint density at radius 2 is 1.90 bits per heavy atom. The highest BCUT2D eigenvalue weighted by Gasteiger charge is 2.19. The number of ether oxygens (including phenoxy) is 3. The molecule has 9 heteroatoms. The van der Waals surface area contributed by atoms with Crippen LogP contribution in [0.25, 0.3) is 22.6 Å². The molecule has 4 aromatic rings. The zero-order chi connectivity index (χ0) is 27.2. The molecule has 39 heavy (non-hydrogen) atoms. The second-order valence-corrected chi connectivity index (χ2v) is 10.1. The van der Waals surface area contributed by atoms with Crippen molar-refractivity contribution in [2.45, 2.75) is 38.5 Å². The fourth-order valence-corrected chi connectivity index (χ4v) is 4.68. The van der Waals surface area contributed by atoms with Crippen molar-refractivity contribution in [1.82, 2.24) is 25.2 Å². The first-order valence-corrected chi connectivity index (χ1v) is 13.3. The number of hydrogen-bond acceptors (Lipinski definition) is 7. The van der Waals surface area contributed by atoms with Gasteiger partial charge >= 0.3 is 0 Å². The number of imidazole rings is 1. The van der Waals surface area contributed by atoms with Gasteiger partial charge in [-0.3, -0.25) is 4.79 Å². The van der Waals surface area contributed by atoms with E-state index in [1.165, 1.54) is 0 Å². The molecule has 1 aliphatic rings. The average Bonchev–Trinajstić information content (AvgIpc) is 3.38. The number of nitrogens with zero attached hydrogens (tertiary/aromatic N) is 3. The second-order valence-electron chi connectivity index (χ2n) is 10.1. The highest BCUT2D eigenvalue weighted by Crippen LogP contribution is 2.30. The first-order chi connectivity index (χ1) is 19.0. The summed E-state index contributed by atoms with van der Waals surface area (Å²) < 4.78 is 17.5. The van der Waals surface area contributed by atoms with Crippen LogP contribution in [0.4, 0.5) is 0 Å². The normalized spacial score (nSPS) is 15.3. The number of benzene rings is 2. The molecule has 3 heterocycles. The molecular formula is C30H35N5O4. The maximum Gasteiger partial charge on any atom is 0.251 e. The first-order valence-electron chi connectivity index (χ1n) is 13.3. The number of amides is 1. The Kier molecular flexibility index (Phi) is 8.39. The Balaban J connectivity index is 1.28. The van der Waals surface area contributed by atoms with Gasteiger partial charge in [0, 0.05) is 36.5 Å². The summed E-state index contributed by atoms with van der Waals surface area (Å²) in [4.78, 5) is 27.3. The molecule has 1 aliphatic heterocycles. The number of fused-ring (bicyclic) bond motifs is 1. The van der Waals surface area contributed by atoms with E-state index in [0.29, 0.717) is 41.7 Å². The second kappa shape index (κ2) is 12.3. The van der Waals surface area contributed by atoms with E-state index in [0.717, 1.165) is 42.6 Å². The quantitative estimate of drug-likeness (QED) is 0.313. The molecule has 1 amide bonds. The van der Waals surface area contributed by atoms with Crippen molar-refractivity contribution in [3.05, 3.63) is 71.9 Å². The maximum absolute atomic E-state index is 12.7. The van der Waals surface area contributed by atoms with Crippen LogP contribution in [0.5, 0.6) is 11.5 Å². The minimum absolute atomic E-state index is 0.0305. The maximum atomic E-state index is 12.7. The summed E-state index contributed by atoms with van der Waals surface area (Å²) in [5, 5.41) is 3.16. The number of hydrogen-bond donors (Lipinski definition) is 2. The number of pyridine rings is 1. The monoisotopic (exact) mass is 529 g/mol. The van der Waals surface area contributed by atoms with Crippen LogP contribution >= 0.6 is 0 Å². The number of rotatable bonds is 10. The summed E-state index contributed by atoms with van der Waals surface area (Å²) >= 11 is 0. The molecule has 9 nitrogen and oxygen atoms in total. The van der Waals surface area contributed by atoms with E-state index >= 15 is 0 Å². The Bertz CT molecular complexity index is 1360. The average molecular weight is 530 g/mol. The van der Waals surface area contributed by atoms with Crippen LogP contribution in [0, 0.1) is 0 Å². The summed E-state index contributed by atoms with van der Waals surface area (Å²) in [7, 11) is 3.76. The van der Waals surface area contributed by atoms with Gasteiger partial charge in [0.15, 0.2) is 5.65 Å². The molecule has 0 unspecified atom stereocenters. The van der Waals surface area contributed by atoms with Crippen molar-refractivity contribution < 1.29 is 19.0 Å². The lowest BCUT2D eigenvalue weighted by molar-refractivity contribution is 0.0915. The van der Waals surface area contributed by atoms with Crippen LogP contribution in [-0.2, 0) is 11.3 Å². The lowest BCUT2D eigenvalue weighted by Gasteiger charge is -2.29. The Hall–Kier alpha value is -3.95. The Morgan fingerprint density at radius 3 is 2.64 bits per heavy atom.